The summed E-state index contributed by atoms with van der Waals surface area (Å²) in [7, 11) is -6.17. The molecule has 0 aliphatic rings. The second kappa shape index (κ2) is 6.36. The van der Waals surface area contributed by atoms with Crippen LogP contribution in [0.25, 0.3) is 0 Å². The second-order valence-electron chi connectivity index (χ2n) is 6.34. The first-order chi connectivity index (χ1) is 10.2. The minimum atomic E-state index is -4.18. The molecule has 22 heavy (non-hydrogen) atoms. The molecule has 0 spiro atoms. The van der Waals surface area contributed by atoms with Crippen molar-refractivity contribution in [2.75, 3.05) is 0 Å². The Kier molecular flexibility index (Phi) is 4.89. The van der Waals surface area contributed by atoms with Crippen LogP contribution in [0.3, 0.4) is 0 Å². The van der Waals surface area contributed by atoms with Crippen molar-refractivity contribution in [2.24, 2.45) is 0 Å². The van der Waals surface area contributed by atoms with Crippen LogP contribution in [-0.4, -0.2) is 21.0 Å². The van der Waals surface area contributed by atoms with Crippen molar-refractivity contribution in [1.29, 1.82) is 0 Å². The molecule has 0 saturated carbocycles. The van der Waals surface area contributed by atoms with Crippen molar-refractivity contribution < 1.29 is 13.0 Å². The Morgan fingerprint density at radius 3 is 2.27 bits per heavy atom. The van der Waals surface area contributed by atoms with Gasteiger partial charge in [0.25, 0.3) is 10.1 Å². The lowest BCUT2D eigenvalue weighted by Gasteiger charge is -2.25. The summed E-state index contributed by atoms with van der Waals surface area (Å²) in [6.45, 7) is 6.25. The van der Waals surface area contributed by atoms with Crippen molar-refractivity contribution in [3.63, 3.8) is 0 Å². The SMILES string of the molecule is Cc1ccc(S(=O)(=O)O)c([Si](C)(C)CCc2ccccc2)c1. The van der Waals surface area contributed by atoms with Crippen molar-refractivity contribution in [2.45, 2.75) is 37.4 Å². The third-order valence-corrected chi connectivity index (χ3v) is 8.49. The quantitative estimate of drug-likeness (QED) is 0.673. The Labute approximate surface area is 133 Å². The minimum absolute atomic E-state index is 0.0721. The lowest BCUT2D eigenvalue weighted by Crippen LogP contribution is -2.44. The van der Waals surface area contributed by atoms with E-state index in [2.05, 4.69) is 25.2 Å². The molecule has 5 heteroatoms. The molecule has 2 aromatic carbocycles. The van der Waals surface area contributed by atoms with Crippen LogP contribution in [0.5, 0.6) is 0 Å². The molecule has 0 fully saturated rings. The molecular formula is C17H22O3SSi. The number of aryl methyl sites for hydroxylation is 2. The summed E-state index contributed by atoms with van der Waals surface area (Å²) in [6, 6.07) is 16.3. The van der Waals surface area contributed by atoms with E-state index in [1.807, 2.05) is 31.2 Å². The van der Waals surface area contributed by atoms with E-state index in [1.165, 1.54) is 11.6 Å². The normalized spacial score (nSPS) is 12.4. The molecule has 0 aliphatic carbocycles. The van der Waals surface area contributed by atoms with Crippen LogP contribution in [0, 0.1) is 6.92 Å². The number of benzene rings is 2. The first-order valence-corrected chi connectivity index (χ1v) is 12.0. The van der Waals surface area contributed by atoms with Gasteiger partial charge in [-0.25, -0.2) is 0 Å². The molecule has 0 heterocycles. The first kappa shape index (κ1) is 16.9. The van der Waals surface area contributed by atoms with Gasteiger partial charge >= 0.3 is 0 Å². The van der Waals surface area contributed by atoms with Gasteiger partial charge in [0.15, 0.2) is 0 Å². The number of rotatable bonds is 5. The monoisotopic (exact) mass is 334 g/mol. The van der Waals surface area contributed by atoms with Gasteiger partial charge in [0.05, 0.1) is 13.0 Å². The van der Waals surface area contributed by atoms with Crippen LogP contribution in [0.4, 0.5) is 0 Å². The van der Waals surface area contributed by atoms with Gasteiger partial charge in [-0.3, -0.25) is 4.55 Å². The molecule has 2 aromatic rings. The topological polar surface area (TPSA) is 54.4 Å². The zero-order valence-corrected chi connectivity index (χ0v) is 15.0. The van der Waals surface area contributed by atoms with E-state index in [-0.39, 0.29) is 4.90 Å². The molecule has 0 aromatic heterocycles. The standard InChI is InChI=1S/C17H22O3SSi/c1-14-9-10-16(21(18,19)20)17(13-14)22(2,3)12-11-15-7-5-4-6-8-15/h4-10,13H,11-12H2,1-3H3,(H,18,19,20). The molecule has 0 amide bonds. The Balaban J connectivity index is 2.34. The molecule has 0 atom stereocenters. The highest BCUT2D eigenvalue weighted by Crippen LogP contribution is 2.19. The summed E-state index contributed by atoms with van der Waals surface area (Å²) < 4.78 is 32.8. The summed E-state index contributed by atoms with van der Waals surface area (Å²) in [5, 5.41) is 0.811. The Morgan fingerprint density at radius 2 is 1.68 bits per heavy atom. The molecule has 118 valence electrons. The summed E-state index contributed by atoms with van der Waals surface area (Å²) in [5.41, 5.74) is 2.27. The van der Waals surface area contributed by atoms with Gasteiger partial charge in [-0.05, 0) is 36.2 Å². The lowest BCUT2D eigenvalue weighted by molar-refractivity contribution is 0.484. The minimum Gasteiger partial charge on any atom is -0.282 e. The lowest BCUT2D eigenvalue weighted by atomic mass is 10.2. The van der Waals surface area contributed by atoms with Crippen LogP contribution in [0.2, 0.25) is 19.1 Å². The Bertz CT molecular complexity index is 753. The maximum atomic E-state index is 11.7. The molecule has 0 aliphatic heterocycles. The van der Waals surface area contributed by atoms with Crippen molar-refractivity contribution in [3.05, 3.63) is 59.7 Å². The third kappa shape index (κ3) is 4.06. The van der Waals surface area contributed by atoms with Crippen molar-refractivity contribution >= 4 is 23.4 Å². The molecule has 3 nitrogen and oxygen atoms in total. The predicted octanol–water partition coefficient (Wildman–Crippen LogP) is 3.40. The van der Waals surface area contributed by atoms with Gasteiger partial charge in [-0.1, -0.05) is 61.1 Å². The fourth-order valence-electron chi connectivity index (χ4n) is 2.63. The van der Waals surface area contributed by atoms with Crippen molar-refractivity contribution in [3.8, 4) is 0 Å². The largest absolute Gasteiger partial charge is 0.294 e. The highest BCUT2D eigenvalue weighted by molar-refractivity contribution is 7.86. The van der Waals surface area contributed by atoms with Gasteiger partial charge < -0.3 is 0 Å². The van der Waals surface area contributed by atoms with E-state index in [9.17, 15) is 13.0 Å². The smallest absolute Gasteiger partial charge is 0.282 e. The highest BCUT2D eigenvalue weighted by Gasteiger charge is 2.29. The highest BCUT2D eigenvalue weighted by atomic mass is 32.2. The van der Waals surface area contributed by atoms with Gasteiger partial charge in [-0.15, -0.1) is 0 Å². The van der Waals surface area contributed by atoms with E-state index < -0.39 is 18.2 Å². The Hall–Kier alpha value is -1.43. The zero-order valence-electron chi connectivity index (χ0n) is 13.2. The fraction of sp³-hybridized carbons (Fsp3) is 0.294. The molecule has 0 radical (unpaired) electrons. The van der Waals surface area contributed by atoms with Gasteiger partial charge in [0.2, 0.25) is 0 Å². The summed E-state index contributed by atoms with van der Waals surface area (Å²) in [6.07, 6.45) is 0.916. The first-order valence-electron chi connectivity index (χ1n) is 7.33. The van der Waals surface area contributed by atoms with Crippen LogP contribution in [0.15, 0.2) is 53.4 Å². The third-order valence-electron chi connectivity index (χ3n) is 4.02. The maximum absolute atomic E-state index is 11.7. The molecule has 1 N–H and O–H groups in total. The second-order valence-corrected chi connectivity index (χ2v) is 12.5. The van der Waals surface area contributed by atoms with E-state index in [0.717, 1.165) is 23.2 Å². The summed E-state index contributed by atoms with van der Waals surface area (Å²) in [4.78, 5) is 0.0721. The summed E-state index contributed by atoms with van der Waals surface area (Å²) in [5.74, 6) is 0. The van der Waals surface area contributed by atoms with Crippen LogP contribution >= 0.6 is 0 Å². The van der Waals surface area contributed by atoms with E-state index >= 15 is 0 Å². The average Bonchev–Trinajstić information content (AvgIpc) is 2.45. The average molecular weight is 335 g/mol. The zero-order chi connectivity index (χ0) is 16.4. The molecular weight excluding hydrogens is 312 g/mol. The van der Waals surface area contributed by atoms with Gasteiger partial charge in [0.1, 0.15) is 0 Å². The van der Waals surface area contributed by atoms with E-state index in [1.54, 1.807) is 6.07 Å². The molecule has 0 saturated heterocycles. The van der Waals surface area contributed by atoms with Crippen LogP contribution < -0.4 is 5.19 Å². The predicted molar refractivity (Wildman–Crippen MR) is 93.1 cm³/mol. The Morgan fingerprint density at radius 1 is 1.05 bits per heavy atom. The van der Waals surface area contributed by atoms with Crippen LogP contribution in [0.1, 0.15) is 11.1 Å². The number of hydrogen-bond donors (Lipinski definition) is 1. The molecule has 0 unspecified atom stereocenters. The fourth-order valence-corrected chi connectivity index (χ4v) is 6.98. The van der Waals surface area contributed by atoms with E-state index in [0.29, 0.717) is 0 Å². The van der Waals surface area contributed by atoms with Gasteiger partial charge in [-0.2, -0.15) is 8.42 Å². The molecule has 0 bridgehead atoms. The van der Waals surface area contributed by atoms with Gasteiger partial charge in [0, 0.05) is 0 Å². The van der Waals surface area contributed by atoms with Crippen molar-refractivity contribution in [1.82, 2.24) is 0 Å². The molecule has 2 rings (SSSR count). The maximum Gasteiger partial charge on any atom is 0.294 e. The van der Waals surface area contributed by atoms with Crippen LogP contribution in [-0.2, 0) is 16.5 Å². The number of hydrogen-bond acceptors (Lipinski definition) is 2. The summed E-state index contributed by atoms with van der Waals surface area (Å²) >= 11 is 0. The van der Waals surface area contributed by atoms with E-state index in [4.69, 9.17) is 0 Å².